The van der Waals surface area contributed by atoms with E-state index in [1.54, 1.807) is 38.4 Å². The van der Waals surface area contributed by atoms with Gasteiger partial charge in [-0.3, -0.25) is 4.79 Å². The Kier molecular flexibility index (Phi) is 6.32. The lowest BCUT2D eigenvalue weighted by Gasteiger charge is -2.09. The van der Waals surface area contributed by atoms with Gasteiger partial charge >= 0.3 is 5.97 Å². The van der Waals surface area contributed by atoms with Crippen LogP contribution >= 0.6 is 0 Å². The van der Waals surface area contributed by atoms with Gasteiger partial charge in [-0.1, -0.05) is 42.5 Å². The van der Waals surface area contributed by atoms with Crippen molar-refractivity contribution in [2.45, 2.75) is 13.3 Å². The SMILES string of the molecule is CCOC(=O)c1cccc(C(=CNC)C(=O)Cc2ccccc2)c1. The van der Waals surface area contributed by atoms with Crippen molar-refractivity contribution in [2.75, 3.05) is 13.7 Å². The van der Waals surface area contributed by atoms with Crippen LogP contribution in [0.2, 0.25) is 0 Å². The van der Waals surface area contributed by atoms with Crippen molar-refractivity contribution in [1.82, 2.24) is 5.32 Å². The van der Waals surface area contributed by atoms with Gasteiger partial charge in [0.15, 0.2) is 5.78 Å². The zero-order valence-electron chi connectivity index (χ0n) is 13.9. The van der Waals surface area contributed by atoms with Crippen LogP contribution in [0.25, 0.3) is 5.57 Å². The lowest BCUT2D eigenvalue weighted by molar-refractivity contribution is -0.113. The molecule has 0 amide bonds. The number of Topliss-reactive ketones (excluding diaryl/α,β-unsaturated/α-hetero) is 1. The van der Waals surface area contributed by atoms with Crippen LogP contribution in [0.3, 0.4) is 0 Å². The summed E-state index contributed by atoms with van der Waals surface area (Å²) in [6, 6.07) is 16.5. The highest BCUT2D eigenvalue weighted by Gasteiger charge is 2.15. The number of carbonyl (C=O) groups is 2. The summed E-state index contributed by atoms with van der Waals surface area (Å²) < 4.78 is 5.02. The fraction of sp³-hybridized carbons (Fsp3) is 0.200. The van der Waals surface area contributed by atoms with Crippen LogP contribution < -0.4 is 5.32 Å². The van der Waals surface area contributed by atoms with Gasteiger partial charge in [-0.15, -0.1) is 0 Å². The average molecular weight is 323 g/mol. The van der Waals surface area contributed by atoms with Crippen molar-refractivity contribution in [2.24, 2.45) is 0 Å². The molecule has 0 atom stereocenters. The molecule has 0 spiro atoms. The van der Waals surface area contributed by atoms with Gasteiger partial charge in [0.25, 0.3) is 0 Å². The van der Waals surface area contributed by atoms with Crippen LogP contribution in [-0.4, -0.2) is 25.4 Å². The molecule has 0 aliphatic carbocycles. The Morgan fingerprint density at radius 3 is 2.42 bits per heavy atom. The summed E-state index contributed by atoms with van der Waals surface area (Å²) in [7, 11) is 1.74. The second-order valence-corrected chi connectivity index (χ2v) is 5.23. The molecule has 124 valence electrons. The molecule has 1 N–H and O–H groups in total. The highest BCUT2D eigenvalue weighted by Crippen LogP contribution is 2.19. The molecule has 0 heterocycles. The minimum atomic E-state index is -0.390. The second-order valence-electron chi connectivity index (χ2n) is 5.23. The Morgan fingerprint density at radius 2 is 1.75 bits per heavy atom. The van der Waals surface area contributed by atoms with Gasteiger partial charge < -0.3 is 10.1 Å². The van der Waals surface area contributed by atoms with E-state index < -0.39 is 5.97 Å². The molecule has 0 aliphatic rings. The molecule has 0 unspecified atom stereocenters. The third-order valence-corrected chi connectivity index (χ3v) is 3.48. The number of allylic oxidation sites excluding steroid dienone is 1. The second kappa shape index (κ2) is 8.67. The fourth-order valence-corrected chi connectivity index (χ4v) is 2.37. The van der Waals surface area contributed by atoms with Gasteiger partial charge in [0.1, 0.15) is 0 Å². The molecule has 24 heavy (non-hydrogen) atoms. The summed E-state index contributed by atoms with van der Waals surface area (Å²) in [5.41, 5.74) is 2.61. The average Bonchev–Trinajstić information content (AvgIpc) is 2.60. The van der Waals surface area contributed by atoms with E-state index in [4.69, 9.17) is 4.74 Å². The highest BCUT2D eigenvalue weighted by atomic mass is 16.5. The van der Waals surface area contributed by atoms with Crippen molar-refractivity contribution in [3.63, 3.8) is 0 Å². The summed E-state index contributed by atoms with van der Waals surface area (Å²) in [6.07, 6.45) is 1.97. The smallest absolute Gasteiger partial charge is 0.338 e. The first-order valence-corrected chi connectivity index (χ1v) is 7.87. The van der Waals surface area contributed by atoms with Gasteiger partial charge in [-0.05, 0) is 30.2 Å². The van der Waals surface area contributed by atoms with E-state index >= 15 is 0 Å². The van der Waals surface area contributed by atoms with Gasteiger partial charge in [0, 0.05) is 25.2 Å². The maximum absolute atomic E-state index is 12.7. The minimum Gasteiger partial charge on any atom is -0.462 e. The zero-order valence-corrected chi connectivity index (χ0v) is 13.9. The van der Waals surface area contributed by atoms with Crippen LogP contribution in [0.5, 0.6) is 0 Å². The summed E-state index contributed by atoms with van der Waals surface area (Å²) >= 11 is 0. The molecule has 0 fully saturated rings. The molecule has 2 aromatic rings. The molecule has 0 bridgehead atoms. The van der Waals surface area contributed by atoms with Gasteiger partial charge in [0.2, 0.25) is 0 Å². The number of nitrogens with one attached hydrogen (secondary N) is 1. The Balaban J connectivity index is 2.27. The first kappa shape index (κ1) is 17.5. The predicted octanol–water partition coefficient (Wildman–Crippen LogP) is 3.24. The Hall–Kier alpha value is -2.88. The fourth-order valence-electron chi connectivity index (χ4n) is 2.37. The minimum absolute atomic E-state index is 0.0171. The van der Waals surface area contributed by atoms with Gasteiger partial charge in [-0.2, -0.15) is 0 Å². The number of esters is 1. The summed E-state index contributed by atoms with van der Waals surface area (Å²) in [5, 5.41) is 2.91. The maximum Gasteiger partial charge on any atom is 0.338 e. The van der Waals surface area contributed by atoms with Crippen molar-refractivity contribution in [3.05, 3.63) is 77.5 Å². The van der Waals surface area contributed by atoms with Gasteiger partial charge in [-0.25, -0.2) is 4.79 Å². The van der Waals surface area contributed by atoms with Crippen LogP contribution in [-0.2, 0) is 16.0 Å². The topological polar surface area (TPSA) is 55.4 Å². The zero-order chi connectivity index (χ0) is 17.4. The first-order valence-electron chi connectivity index (χ1n) is 7.87. The first-order chi connectivity index (χ1) is 11.7. The largest absolute Gasteiger partial charge is 0.462 e. The number of hydrogen-bond donors (Lipinski definition) is 1. The highest BCUT2D eigenvalue weighted by molar-refractivity contribution is 6.21. The maximum atomic E-state index is 12.7. The molecule has 4 nitrogen and oxygen atoms in total. The third-order valence-electron chi connectivity index (χ3n) is 3.48. The van der Waals surface area contributed by atoms with E-state index in [9.17, 15) is 9.59 Å². The number of carbonyl (C=O) groups excluding carboxylic acids is 2. The summed E-state index contributed by atoms with van der Waals surface area (Å²) in [6.45, 7) is 2.08. The normalized spacial score (nSPS) is 11.0. The molecule has 0 saturated heterocycles. The molecule has 0 radical (unpaired) electrons. The summed E-state index contributed by atoms with van der Waals surface area (Å²) in [4.78, 5) is 24.6. The number of hydrogen-bond acceptors (Lipinski definition) is 4. The summed E-state index contributed by atoms with van der Waals surface area (Å²) in [5.74, 6) is -0.407. The van der Waals surface area contributed by atoms with Gasteiger partial charge in [0.05, 0.1) is 12.2 Å². The monoisotopic (exact) mass is 323 g/mol. The van der Waals surface area contributed by atoms with E-state index in [-0.39, 0.29) is 5.78 Å². The molecule has 2 aromatic carbocycles. The van der Waals surface area contributed by atoms with E-state index in [1.807, 2.05) is 36.4 Å². The van der Waals surface area contributed by atoms with Crippen LogP contribution in [0.15, 0.2) is 60.8 Å². The predicted molar refractivity (Wildman–Crippen MR) is 94.6 cm³/mol. The van der Waals surface area contributed by atoms with Crippen molar-refractivity contribution >= 4 is 17.3 Å². The van der Waals surface area contributed by atoms with Crippen molar-refractivity contribution < 1.29 is 14.3 Å². The number of rotatable bonds is 7. The van der Waals surface area contributed by atoms with E-state index in [1.165, 1.54) is 0 Å². The standard InChI is InChI=1S/C20H21NO3/c1-3-24-20(23)17-11-7-10-16(13-17)18(14-21-2)19(22)12-15-8-5-4-6-9-15/h4-11,13-14,21H,3,12H2,1-2H3. The van der Waals surface area contributed by atoms with E-state index in [2.05, 4.69) is 5.32 Å². The van der Waals surface area contributed by atoms with Crippen molar-refractivity contribution in [1.29, 1.82) is 0 Å². The van der Waals surface area contributed by atoms with E-state index in [0.717, 1.165) is 5.56 Å². The molecular weight excluding hydrogens is 302 g/mol. The number of ether oxygens (including phenoxy) is 1. The molecule has 0 aromatic heterocycles. The number of benzene rings is 2. The van der Waals surface area contributed by atoms with E-state index in [0.29, 0.717) is 29.7 Å². The van der Waals surface area contributed by atoms with Crippen LogP contribution in [0, 0.1) is 0 Å². The molecule has 0 saturated carbocycles. The molecule has 4 heteroatoms. The third kappa shape index (κ3) is 4.56. The lowest BCUT2D eigenvalue weighted by atomic mass is 9.96. The Labute approximate surface area is 142 Å². The molecule has 2 rings (SSSR count). The Morgan fingerprint density at radius 1 is 1.04 bits per heavy atom. The van der Waals surface area contributed by atoms with Crippen LogP contribution in [0.4, 0.5) is 0 Å². The molecular formula is C20H21NO3. The molecule has 0 aliphatic heterocycles. The van der Waals surface area contributed by atoms with Crippen LogP contribution in [0.1, 0.15) is 28.4 Å². The lowest BCUT2D eigenvalue weighted by Crippen LogP contribution is -2.10. The quantitative estimate of drug-likeness (QED) is 0.628. The van der Waals surface area contributed by atoms with Crippen molar-refractivity contribution in [3.8, 4) is 0 Å². The Bertz CT molecular complexity index is 736. The number of ketones is 1.